The van der Waals surface area contributed by atoms with Crippen molar-refractivity contribution in [1.82, 2.24) is 20.0 Å². The van der Waals surface area contributed by atoms with Gasteiger partial charge in [-0.05, 0) is 6.07 Å². The number of hydrogen-bond acceptors (Lipinski definition) is 3. The van der Waals surface area contributed by atoms with Gasteiger partial charge in [-0.15, -0.1) is 0 Å². The van der Waals surface area contributed by atoms with E-state index in [-0.39, 0.29) is 18.4 Å². The molecular weight excluding hydrogens is 196 g/mol. The van der Waals surface area contributed by atoms with E-state index >= 15 is 0 Å². The molecule has 1 aliphatic heterocycles. The van der Waals surface area contributed by atoms with Crippen LogP contribution in [0.5, 0.6) is 0 Å². The summed E-state index contributed by atoms with van der Waals surface area (Å²) in [5, 5.41) is 6.59. The van der Waals surface area contributed by atoms with E-state index in [0.717, 1.165) is 0 Å². The highest BCUT2D eigenvalue weighted by molar-refractivity contribution is 5.95. The molecule has 1 N–H and O–H groups in total. The Morgan fingerprint density at radius 3 is 3.00 bits per heavy atom. The average molecular weight is 208 g/mol. The van der Waals surface area contributed by atoms with Crippen molar-refractivity contribution in [3.63, 3.8) is 0 Å². The van der Waals surface area contributed by atoms with Crippen molar-refractivity contribution in [2.45, 2.75) is 0 Å². The predicted octanol–water partition coefficient (Wildman–Crippen LogP) is -1.01. The lowest BCUT2D eigenvalue weighted by atomic mass is 10.3. The van der Waals surface area contributed by atoms with Crippen molar-refractivity contribution in [3.05, 3.63) is 18.0 Å². The maximum Gasteiger partial charge on any atom is 0.272 e. The Kier molecular flexibility index (Phi) is 2.40. The minimum absolute atomic E-state index is 0.114. The van der Waals surface area contributed by atoms with Gasteiger partial charge in [0.15, 0.2) is 0 Å². The lowest BCUT2D eigenvalue weighted by Gasteiger charge is -2.26. The first kappa shape index (κ1) is 9.70. The summed E-state index contributed by atoms with van der Waals surface area (Å²) in [5.41, 5.74) is 0.504. The first-order chi connectivity index (χ1) is 7.18. The molecule has 6 heteroatoms. The Balaban J connectivity index is 2.14. The van der Waals surface area contributed by atoms with E-state index in [2.05, 4.69) is 10.4 Å². The highest BCUT2D eigenvalue weighted by atomic mass is 16.2. The second-order valence-electron chi connectivity index (χ2n) is 3.42. The van der Waals surface area contributed by atoms with Crippen LogP contribution in [0.3, 0.4) is 0 Å². The predicted molar refractivity (Wildman–Crippen MR) is 52.1 cm³/mol. The molecular formula is C9H12N4O2. The van der Waals surface area contributed by atoms with Gasteiger partial charge in [0.05, 0.1) is 6.54 Å². The van der Waals surface area contributed by atoms with Crippen LogP contribution in [0.2, 0.25) is 0 Å². The van der Waals surface area contributed by atoms with Crippen molar-refractivity contribution >= 4 is 11.8 Å². The number of amides is 2. The first-order valence-electron chi connectivity index (χ1n) is 4.72. The molecule has 6 nitrogen and oxygen atoms in total. The molecule has 0 aromatic carbocycles. The zero-order valence-electron chi connectivity index (χ0n) is 8.43. The minimum Gasteiger partial charge on any atom is -0.353 e. The normalized spacial score (nSPS) is 16.3. The molecule has 0 atom stereocenters. The van der Waals surface area contributed by atoms with Gasteiger partial charge >= 0.3 is 0 Å². The second kappa shape index (κ2) is 3.72. The summed E-state index contributed by atoms with van der Waals surface area (Å²) in [4.78, 5) is 24.5. The van der Waals surface area contributed by atoms with E-state index < -0.39 is 0 Å². The summed E-state index contributed by atoms with van der Waals surface area (Å²) in [6.07, 6.45) is 1.57. The number of rotatable bonds is 1. The maximum atomic E-state index is 11.9. The molecule has 1 aromatic heterocycles. The van der Waals surface area contributed by atoms with Crippen molar-refractivity contribution < 1.29 is 9.59 Å². The Hall–Kier alpha value is -1.85. The van der Waals surface area contributed by atoms with E-state index in [1.54, 1.807) is 19.3 Å². The third-order valence-electron chi connectivity index (χ3n) is 2.37. The van der Waals surface area contributed by atoms with Crippen LogP contribution in [0.15, 0.2) is 12.3 Å². The van der Waals surface area contributed by atoms with Crippen molar-refractivity contribution in [3.8, 4) is 0 Å². The van der Waals surface area contributed by atoms with E-state index in [4.69, 9.17) is 0 Å². The molecule has 0 bridgehead atoms. The highest BCUT2D eigenvalue weighted by Crippen LogP contribution is 2.04. The van der Waals surface area contributed by atoms with Gasteiger partial charge in [0, 0.05) is 26.3 Å². The summed E-state index contributed by atoms with van der Waals surface area (Å²) < 4.78 is 1.51. The molecule has 80 valence electrons. The Labute approximate surface area is 86.9 Å². The number of carbonyl (C=O) groups excluding carboxylic acids is 2. The van der Waals surface area contributed by atoms with Crippen LogP contribution in [-0.2, 0) is 11.8 Å². The van der Waals surface area contributed by atoms with Crippen molar-refractivity contribution in [1.29, 1.82) is 0 Å². The lowest BCUT2D eigenvalue weighted by Crippen LogP contribution is -2.50. The molecule has 2 heterocycles. The highest BCUT2D eigenvalue weighted by Gasteiger charge is 2.23. The van der Waals surface area contributed by atoms with E-state index in [1.807, 2.05) is 0 Å². The number of piperazine rings is 1. The molecule has 1 fully saturated rings. The molecule has 0 aliphatic carbocycles. The molecule has 2 rings (SSSR count). The van der Waals surface area contributed by atoms with Crippen molar-refractivity contribution in [2.75, 3.05) is 19.6 Å². The number of aryl methyl sites for hydroxylation is 1. The van der Waals surface area contributed by atoms with E-state index in [9.17, 15) is 9.59 Å². The molecule has 0 unspecified atom stereocenters. The smallest absolute Gasteiger partial charge is 0.272 e. The van der Waals surface area contributed by atoms with Crippen LogP contribution in [0.4, 0.5) is 0 Å². The van der Waals surface area contributed by atoms with Gasteiger partial charge in [0.1, 0.15) is 5.69 Å². The molecule has 1 aromatic rings. The van der Waals surface area contributed by atoms with Gasteiger partial charge in [-0.25, -0.2) is 0 Å². The third-order valence-corrected chi connectivity index (χ3v) is 2.37. The van der Waals surface area contributed by atoms with Gasteiger partial charge < -0.3 is 10.2 Å². The number of hydrogen-bond donors (Lipinski definition) is 1. The Morgan fingerprint density at radius 2 is 2.40 bits per heavy atom. The van der Waals surface area contributed by atoms with Gasteiger partial charge in [-0.3, -0.25) is 14.3 Å². The quantitative estimate of drug-likeness (QED) is 0.643. The number of nitrogens with zero attached hydrogens (tertiary/aromatic N) is 3. The van der Waals surface area contributed by atoms with Crippen LogP contribution in [0, 0.1) is 0 Å². The fourth-order valence-electron chi connectivity index (χ4n) is 1.56. The standard InChI is InChI=1S/C9H12N4O2/c1-12-7(2-3-11-12)9(15)13-5-4-10-8(14)6-13/h2-3H,4-6H2,1H3,(H,10,14). The SMILES string of the molecule is Cn1nccc1C(=O)N1CCNC(=O)C1. The monoisotopic (exact) mass is 208 g/mol. The summed E-state index contributed by atoms with van der Waals surface area (Å²) in [6, 6.07) is 1.65. The summed E-state index contributed by atoms with van der Waals surface area (Å²) >= 11 is 0. The molecule has 15 heavy (non-hydrogen) atoms. The number of nitrogens with one attached hydrogen (secondary N) is 1. The number of carbonyl (C=O) groups is 2. The van der Waals surface area contributed by atoms with Gasteiger partial charge in [-0.2, -0.15) is 5.10 Å². The van der Waals surface area contributed by atoms with Crippen LogP contribution in [-0.4, -0.2) is 46.1 Å². The summed E-state index contributed by atoms with van der Waals surface area (Å²) in [6.45, 7) is 1.20. The van der Waals surface area contributed by atoms with Crippen LogP contribution >= 0.6 is 0 Å². The fraction of sp³-hybridized carbons (Fsp3) is 0.444. The fourth-order valence-corrected chi connectivity index (χ4v) is 1.56. The number of aromatic nitrogens is 2. The Bertz CT molecular complexity index is 399. The second-order valence-corrected chi connectivity index (χ2v) is 3.42. The molecule has 0 radical (unpaired) electrons. The summed E-state index contributed by atoms with van der Waals surface area (Å²) in [7, 11) is 1.71. The molecule has 2 amide bonds. The van der Waals surface area contributed by atoms with E-state index in [0.29, 0.717) is 18.8 Å². The van der Waals surface area contributed by atoms with Crippen LogP contribution in [0.1, 0.15) is 10.5 Å². The van der Waals surface area contributed by atoms with E-state index in [1.165, 1.54) is 9.58 Å². The molecule has 0 spiro atoms. The third kappa shape index (κ3) is 1.83. The van der Waals surface area contributed by atoms with Crippen LogP contribution in [0.25, 0.3) is 0 Å². The minimum atomic E-state index is -0.148. The Morgan fingerprint density at radius 1 is 1.60 bits per heavy atom. The van der Waals surface area contributed by atoms with Gasteiger partial charge in [-0.1, -0.05) is 0 Å². The molecule has 1 saturated heterocycles. The first-order valence-corrected chi connectivity index (χ1v) is 4.72. The lowest BCUT2D eigenvalue weighted by molar-refractivity contribution is -0.123. The zero-order valence-corrected chi connectivity index (χ0v) is 8.43. The zero-order chi connectivity index (χ0) is 10.8. The molecule has 0 saturated carbocycles. The maximum absolute atomic E-state index is 11.9. The van der Waals surface area contributed by atoms with Crippen molar-refractivity contribution in [2.24, 2.45) is 7.05 Å². The van der Waals surface area contributed by atoms with Crippen LogP contribution < -0.4 is 5.32 Å². The topological polar surface area (TPSA) is 67.2 Å². The average Bonchev–Trinajstić information content (AvgIpc) is 2.63. The van der Waals surface area contributed by atoms with Gasteiger partial charge in [0.25, 0.3) is 5.91 Å². The van der Waals surface area contributed by atoms with Gasteiger partial charge in [0.2, 0.25) is 5.91 Å². The summed E-state index contributed by atoms with van der Waals surface area (Å²) in [5.74, 6) is -0.262. The molecule has 1 aliphatic rings. The largest absolute Gasteiger partial charge is 0.353 e.